The smallest absolute Gasteiger partial charge is 0.136 e. The van der Waals surface area contributed by atoms with E-state index < -0.39 is 0 Å². The van der Waals surface area contributed by atoms with Crippen LogP contribution in [0.2, 0.25) is 0 Å². The number of hydrogen-bond acceptors (Lipinski definition) is 2. The Morgan fingerprint density at radius 1 is 0.941 bits per heavy atom. The van der Waals surface area contributed by atoms with Crippen LogP contribution in [-0.2, 0) is 9.59 Å². The third-order valence-corrected chi connectivity index (χ3v) is 4.71. The zero-order chi connectivity index (χ0) is 12.3. The van der Waals surface area contributed by atoms with E-state index >= 15 is 0 Å². The Kier molecular flexibility index (Phi) is 4.36. The molecule has 0 amide bonds. The largest absolute Gasteiger partial charge is 0.299 e. The minimum Gasteiger partial charge on any atom is -0.299 e. The van der Waals surface area contributed by atoms with Crippen LogP contribution in [0, 0.1) is 17.8 Å². The topological polar surface area (TPSA) is 34.1 Å². The van der Waals surface area contributed by atoms with Gasteiger partial charge in [0.25, 0.3) is 0 Å². The molecule has 0 aromatic heterocycles. The van der Waals surface area contributed by atoms with Gasteiger partial charge in [0.15, 0.2) is 0 Å². The van der Waals surface area contributed by atoms with Crippen LogP contribution in [0.15, 0.2) is 0 Å². The fraction of sp³-hybridized carbons (Fsp3) is 0.867. The Labute approximate surface area is 104 Å². The van der Waals surface area contributed by atoms with Crippen molar-refractivity contribution in [3.8, 4) is 0 Å². The average Bonchev–Trinajstić information content (AvgIpc) is 2.34. The van der Waals surface area contributed by atoms with Gasteiger partial charge in [0.2, 0.25) is 0 Å². The zero-order valence-electron chi connectivity index (χ0n) is 10.9. The maximum absolute atomic E-state index is 12.0. The first kappa shape index (κ1) is 12.8. The third-order valence-electron chi connectivity index (χ3n) is 4.71. The first-order valence-electron chi connectivity index (χ1n) is 7.29. The fourth-order valence-corrected chi connectivity index (χ4v) is 3.77. The number of rotatable bonds is 3. The Hall–Kier alpha value is -0.660. The van der Waals surface area contributed by atoms with Crippen LogP contribution < -0.4 is 0 Å². The number of Topliss-reactive ketones (excluding diaryl/α,β-unsaturated/α-hetero) is 2. The summed E-state index contributed by atoms with van der Waals surface area (Å²) in [5.74, 6) is 1.60. The number of carbonyl (C=O) groups is 2. The molecule has 2 atom stereocenters. The second-order valence-electron chi connectivity index (χ2n) is 5.71. The van der Waals surface area contributed by atoms with Crippen molar-refractivity contribution in [1.29, 1.82) is 0 Å². The molecule has 17 heavy (non-hydrogen) atoms. The van der Waals surface area contributed by atoms with Crippen LogP contribution in [0.25, 0.3) is 0 Å². The van der Waals surface area contributed by atoms with Gasteiger partial charge in [-0.3, -0.25) is 9.59 Å². The molecule has 2 nitrogen and oxygen atoms in total. The molecule has 0 radical (unpaired) electrons. The van der Waals surface area contributed by atoms with Crippen molar-refractivity contribution < 1.29 is 9.59 Å². The van der Waals surface area contributed by atoms with Gasteiger partial charge >= 0.3 is 0 Å². The third kappa shape index (κ3) is 2.78. The highest BCUT2D eigenvalue weighted by atomic mass is 16.1. The lowest BCUT2D eigenvalue weighted by molar-refractivity contribution is -0.132. The van der Waals surface area contributed by atoms with Gasteiger partial charge in [0.1, 0.15) is 11.6 Å². The standard InChI is InChI=1S/C15H24O2/c1-2-11(12-7-3-5-9-14(12)16)13-8-4-6-10-15(13)17/h11-13H,2-10H2,1H3. The first-order valence-corrected chi connectivity index (χ1v) is 7.29. The normalized spacial score (nSPS) is 32.5. The summed E-state index contributed by atoms with van der Waals surface area (Å²) in [6, 6.07) is 0. The lowest BCUT2D eigenvalue weighted by Crippen LogP contribution is -2.36. The predicted molar refractivity (Wildman–Crippen MR) is 67.7 cm³/mol. The van der Waals surface area contributed by atoms with Crippen molar-refractivity contribution in [3.63, 3.8) is 0 Å². The molecule has 2 rings (SSSR count). The van der Waals surface area contributed by atoms with E-state index in [0.29, 0.717) is 17.5 Å². The fourth-order valence-electron chi connectivity index (χ4n) is 3.77. The van der Waals surface area contributed by atoms with Crippen LogP contribution in [0.1, 0.15) is 64.7 Å². The van der Waals surface area contributed by atoms with E-state index in [0.717, 1.165) is 44.9 Å². The predicted octanol–water partition coefficient (Wildman–Crippen LogP) is 3.53. The molecule has 0 aliphatic heterocycles. The SMILES string of the molecule is CCC(C1CCCCC1=O)C1CCCCC1=O. The molecule has 0 saturated heterocycles. The second-order valence-corrected chi connectivity index (χ2v) is 5.71. The second kappa shape index (κ2) is 5.79. The minimum atomic E-state index is 0.195. The van der Waals surface area contributed by atoms with Crippen molar-refractivity contribution in [3.05, 3.63) is 0 Å². The molecule has 2 heteroatoms. The maximum Gasteiger partial charge on any atom is 0.136 e. The van der Waals surface area contributed by atoms with E-state index in [-0.39, 0.29) is 11.8 Å². The summed E-state index contributed by atoms with van der Waals surface area (Å²) in [5.41, 5.74) is 0. The van der Waals surface area contributed by atoms with Gasteiger partial charge in [-0.05, 0) is 31.6 Å². The molecular weight excluding hydrogens is 212 g/mol. The zero-order valence-corrected chi connectivity index (χ0v) is 10.9. The lowest BCUT2D eigenvalue weighted by Gasteiger charge is -2.35. The number of hydrogen-bond donors (Lipinski definition) is 0. The van der Waals surface area contributed by atoms with E-state index in [4.69, 9.17) is 0 Å². The quantitative estimate of drug-likeness (QED) is 0.751. The van der Waals surface area contributed by atoms with Crippen molar-refractivity contribution >= 4 is 11.6 Å². The molecule has 2 fully saturated rings. The molecule has 0 heterocycles. The molecule has 2 aliphatic rings. The summed E-state index contributed by atoms with van der Waals surface area (Å²) in [6.45, 7) is 2.15. The average molecular weight is 236 g/mol. The molecule has 96 valence electrons. The molecule has 0 aromatic carbocycles. The lowest BCUT2D eigenvalue weighted by atomic mass is 9.68. The summed E-state index contributed by atoms with van der Waals surface area (Å²) in [7, 11) is 0. The highest BCUT2D eigenvalue weighted by Crippen LogP contribution is 2.38. The van der Waals surface area contributed by atoms with E-state index in [2.05, 4.69) is 6.92 Å². The minimum absolute atomic E-state index is 0.195. The molecule has 2 saturated carbocycles. The van der Waals surface area contributed by atoms with Crippen molar-refractivity contribution in [2.75, 3.05) is 0 Å². The van der Waals surface area contributed by atoms with Crippen molar-refractivity contribution in [2.24, 2.45) is 17.8 Å². The van der Waals surface area contributed by atoms with Crippen molar-refractivity contribution in [1.82, 2.24) is 0 Å². The van der Waals surface area contributed by atoms with Gasteiger partial charge in [-0.2, -0.15) is 0 Å². The Morgan fingerprint density at radius 3 is 1.76 bits per heavy atom. The summed E-state index contributed by atoms with van der Waals surface area (Å²) < 4.78 is 0. The molecule has 0 N–H and O–H groups in total. The van der Waals surface area contributed by atoms with E-state index in [1.165, 1.54) is 12.8 Å². The Morgan fingerprint density at radius 2 is 1.41 bits per heavy atom. The highest BCUT2D eigenvalue weighted by Gasteiger charge is 2.37. The molecule has 0 bridgehead atoms. The monoisotopic (exact) mass is 236 g/mol. The van der Waals surface area contributed by atoms with Gasteiger partial charge in [-0.1, -0.05) is 26.2 Å². The maximum atomic E-state index is 12.0. The summed E-state index contributed by atoms with van der Waals surface area (Å²) in [4.78, 5) is 24.1. The van der Waals surface area contributed by atoms with Crippen LogP contribution in [0.5, 0.6) is 0 Å². The molecule has 0 aromatic rings. The summed E-state index contributed by atoms with van der Waals surface area (Å²) in [6.07, 6.45) is 9.02. The highest BCUT2D eigenvalue weighted by molar-refractivity contribution is 5.85. The molecular formula is C15H24O2. The van der Waals surface area contributed by atoms with Crippen LogP contribution >= 0.6 is 0 Å². The van der Waals surface area contributed by atoms with Crippen LogP contribution in [-0.4, -0.2) is 11.6 Å². The van der Waals surface area contributed by atoms with E-state index in [9.17, 15) is 9.59 Å². The Bertz CT molecular complexity index is 267. The van der Waals surface area contributed by atoms with Crippen LogP contribution in [0.3, 0.4) is 0 Å². The summed E-state index contributed by atoms with van der Waals surface area (Å²) in [5, 5.41) is 0. The van der Waals surface area contributed by atoms with Gasteiger partial charge in [-0.15, -0.1) is 0 Å². The molecule has 2 aliphatic carbocycles. The van der Waals surface area contributed by atoms with E-state index in [1.54, 1.807) is 0 Å². The van der Waals surface area contributed by atoms with Gasteiger partial charge < -0.3 is 0 Å². The summed E-state index contributed by atoms with van der Waals surface area (Å²) >= 11 is 0. The van der Waals surface area contributed by atoms with Gasteiger partial charge in [0, 0.05) is 24.7 Å². The van der Waals surface area contributed by atoms with Crippen molar-refractivity contribution in [2.45, 2.75) is 64.7 Å². The Balaban J connectivity index is 2.08. The first-order chi connectivity index (χ1) is 8.24. The van der Waals surface area contributed by atoms with E-state index in [1.807, 2.05) is 0 Å². The number of carbonyl (C=O) groups excluding carboxylic acids is 2. The van der Waals surface area contributed by atoms with Gasteiger partial charge in [0.05, 0.1) is 0 Å². The van der Waals surface area contributed by atoms with Crippen LogP contribution in [0.4, 0.5) is 0 Å². The molecule has 2 unspecified atom stereocenters. The van der Waals surface area contributed by atoms with Gasteiger partial charge in [-0.25, -0.2) is 0 Å². The molecule has 0 spiro atoms. The number of ketones is 2.